The van der Waals surface area contributed by atoms with E-state index in [1.54, 1.807) is 0 Å². The molecule has 0 aromatic rings. The highest BCUT2D eigenvalue weighted by atomic mass is 19.4. The monoisotopic (exact) mass is 130 g/mol. The van der Waals surface area contributed by atoms with Crippen molar-refractivity contribution in [2.45, 2.75) is 6.36 Å². The van der Waals surface area contributed by atoms with Crippen molar-refractivity contribution in [1.29, 1.82) is 0 Å². The average molecular weight is 130 g/mol. The number of alkyl halides is 3. The highest BCUT2D eigenvalue weighted by Gasteiger charge is 2.34. The van der Waals surface area contributed by atoms with Gasteiger partial charge in [0.2, 0.25) is 0 Å². The van der Waals surface area contributed by atoms with Crippen LogP contribution in [0, 0.1) is 0 Å². The highest BCUT2D eigenvalue weighted by Crippen LogP contribution is 2.15. The van der Waals surface area contributed by atoms with Crippen LogP contribution in [0.5, 0.6) is 0 Å². The van der Waals surface area contributed by atoms with Gasteiger partial charge in [-0.1, -0.05) is 0 Å². The first kappa shape index (κ1) is 7.73. The molecule has 0 bridgehead atoms. The van der Waals surface area contributed by atoms with Crippen molar-refractivity contribution in [3.63, 3.8) is 0 Å². The molecule has 0 saturated heterocycles. The van der Waals surface area contributed by atoms with Crippen LogP contribution in [-0.4, -0.2) is 23.7 Å². The second-order valence-corrected chi connectivity index (χ2v) is 0.890. The molecule has 0 atom stereocenters. The van der Waals surface area contributed by atoms with Crippen molar-refractivity contribution in [1.82, 2.24) is 0 Å². The first-order chi connectivity index (χ1) is 3.42. The van der Waals surface area contributed by atoms with Gasteiger partial charge in [-0.25, -0.2) is 0 Å². The fraction of sp³-hybridized carbons (Fsp3) is 1.00. The largest absolute Gasteiger partial charge is 0.640 e. The molecule has 0 aliphatic heterocycles. The molecular weight excluding hydrogens is 128 g/mol. The Kier molecular flexibility index (Phi) is 2.26. The molecule has 7 heteroatoms. The number of rotatable bonds is 1. The minimum atomic E-state index is -4.98. The maximum absolute atomic E-state index is 10.8. The third kappa shape index (κ3) is 5.73. The summed E-state index contributed by atoms with van der Waals surface area (Å²) < 4.78 is 34.8. The van der Waals surface area contributed by atoms with Crippen molar-refractivity contribution < 1.29 is 27.9 Å². The molecule has 0 aromatic carbocycles. The van der Waals surface area contributed by atoms with Gasteiger partial charge < -0.3 is 10.0 Å². The molecule has 0 radical (unpaired) electrons. The van der Waals surface area contributed by atoms with Gasteiger partial charge in [-0.05, 0) is 0 Å². The Balaban J connectivity index is 3.39. The van der Waals surface area contributed by atoms with Crippen LogP contribution in [0.4, 0.5) is 13.2 Å². The van der Waals surface area contributed by atoms with Gasteiger partial charge in [0.1, 0.15) is 0 Å². The van der Waals surface area contributed by atoms with E-state index in [9.17, 15) is 13.2 Å². The second-order valence-electron chi connectivity index (χ2n) is 0.890. The molecule has 8 heavy (non-hydrogen) atoms. The van der Waals surface area contributed by atoms with Gasteiger partial charge in [-0.2, -0.15) is 0 Å². The Morgan fingerprint density at radius 3 is 1.62 bits per heavy atom. The summed E-state index contributed by atoms with van der Waals surface area (Å²) in [5, 5.41) is 15.0. The van der Waals surface area contributed by atoms with E-state index in [2.05, 4.69) is 4.65 Å². The molecule has 0 aliphatic carbocycles. The second kappa shape index (κ2) is 2.34. The highest BCUT2D eigenvalue weighted by molar-refractivity contribution is 6.32. The normalized spacial score (nSPS) is 11.6. The number of halogens is 3. The van der Waals surface area contributed by atoms with Crippen LogP contribution >= 0.6 is 0 Å². The maximum atomic E-state index is 10.8. The number of hydrogen-bond acceptors (Lipinski definition) is 3. The summed E-state index contributed by atoms with van der Waals surface area (Å²) in [5.74, 6) is 0. The molecule has 0 rings (SSSR count). The van der Waals surface area contributed by atoms with Crippen molar-refractivity contribution in [2.75, 3.05) is 0 Å². The summed E-state index contributed by atoms with van der Waals surface area (Å²) in [4.78, 5) is 0. The molecule has 0 aliphatic rings. The van der Waals surface area contributed by atoms with Gasteiger partial charge in [0, 0.05) is 0 Å². The van der Waals surface area contributed by atoms with Gasteiger partial charge in [0.05, 0.1) is 0 Å². The summed E-state index contributed by atoms with van der Waals surface area (Å²) in [5.41, 5.74) is 0. The Morgan fingerprint density at radius 1 is 1.25 bits per heavy atom. The molecule has 2 N–H and O–H groups in total. The Morgan fingerprint density at radius 2 is 1.62 bits per heavy atom. The summed E-state index contributed by atoms with van der Waals surface area (Å²) in [6.07, 6.45) is -4.98. The van der Waals surface area contributed by atoms with Gasteiger partial charge in [0.15, 0.2) is 0 Å². The third-order valence-corrected chi connectivity index (χ3v) is 0.239. The zero-order valence-electron chi connectivity index (χ0n) is 3.51. The van der Waals surface area contributed by atoms with E-state index in [0.717, 1.165) is 0 Å². The average Bonchev–Trinajstić information content (AvgIpc) is 1.21. The molecule has 48 valence electrons. The first-order valence-electron chi connectivity index (χ1n) is 1.52. The smallest absolute Gasteiger partial charge is 0.402 e. The Bertz CT molecular complexity index is 69.4. The van der Waals surface area contributed by atoms with Crippen molar-refractivity contribution in [3.8, 4) is 0 Å². The lowest BCUT2D eigenvalue weighted by Gasteiger charge is -2.03. The zero-order valence-corrected chi connectivity index (χ0v) is 3.51. The van der Waals surface area contributed by atoms with Gasteiger partial charge in [-0.3, -0.25) is 4.65 Å². The minimum Gasteiger partial charge on any atom is -0.402 e. The van der Waals surface area contributed by atoms with Crippen LogP contribution in [0.1, 0.15) is 0 Å². The van der Waals surface area contributed by atoms with E-state index in [1.807, 2.05) is 0 Å². The van der Waals surface area contributed by atoms with Crippen LogP contribution in [0.2, 0.25) is 0 Å². The molecule has 0 amide bonds. The summed E-state index contributed by atoms with van der Waals surface area (Å²) in [7, 11) is -2.78. The van der Waals surface area contributed by atoms with Crippen molar-refractivity contribution in [2.24, 2.45) is 0 Å². The van der Waals surface area contributed by atoms with E-state index in [0.29, 0.717) is 0 Å². The summed E-state index contributed by atoms with van der Waals surface area (Å²) >= 11 is 0. The van der Waals surface area contributed by atoms with Crippen LogP contribution < -0.4 is 0 Å². The molecule has 0 fully saturated rings. The van der Waals surface area contributed by atoms with Crippen molar-refractivity contribution >= 4 is 7.32 Å². The van der Waals surface area contributed by atoms with E-state index in [4.69, 9.17) is 10.0 Å². The van der Waals surface area contributed by atoms with E-state index in [-0.39, 0.29) is 0 Å². The molecule has 0 aromatic heterocycles. The fourth-order valence-electron chi connectivity index (χ4n) is 0.120. The standard InChI is InChI=1S/CH2BF3O3/c3-1(4,5)8-2(6)7/h6-7H. The summed E-state index contributed by atoms with van der Waals surface area (Å²) in [6.45, 7) is 0. The minimum absolute atomic E-state index is 2.55. The first-order valence-corrected chi connectivity index (χ1v) is 1.52. The zero-order chi connectivity index (χ0) is 6.78. The predicted molar refractivity (Wildman–Crippen MR) is 17.3 cm³/mol. The van der Waals surface area contributed by atoms with Crippen LogP contribution in [-0.2, 0) is 4.65 Å². The van der Waals surface area contributed by atoms with Gasteiger partial charge in [-0.15, -0.1) is 13.2 Å². The molecule has 3 nitrogen and oxygen atoms in total. The van der Waals surface area contributed by atoms with Gasteiger partial charge >= 0.3 is 13.7 Å². The van der Waals surface area contributed by atoms with E-state index < -0.39 is 13.7 Å². The van der Waals surface area contributed by atoms with Crippen molar-refractivity contribution in [3.05, 3.63) is 0 Å². The lowest BCUT2D eigenvalue weighted by atomic mass is 10.3. The quantitative estimate of drug-likeness (QED) is 0.470. The molecular formula is CH2BF3O3. The number of hydrogen-bond donors (Lipinski definition) is 2. The van der Waals surface area contributed by atoms with E-state index in [1.165, 1.54) is 0 Å². The molecule has 0 spiro atoms. The van der Waals surface area contributed by atoms with Gasteiger partial charge in [0.25, 0.3) is 0 Å². The Labute approximate surface area is 42.9 Å². The Hall–Kier alpha value is -0.265. The topological polar surface area (TPSA) is 49.7 Å². The lowest BCUT2D eigenvalue weighted by Crippen LogP contribution is -2.27. The molecule has 0 heterocycles. The predicted octanol–water partition coefficient (Wildman–Crippen LogP) is -0.508. The SMILES string of the molecule is OB(O)OC(F)(F)F. The van der Waals surface area contributed by atoms with E-state index >= 15 is 0 Å². The fourth-order valence-corrected chi connectivity index (χ4v) is 0.120. The maximum Gasteiger partial charge on any atom is 0.640 e. The lowest BCUT2D eigenvalue weighted by molar-refractivity contribution is -0.288. The molecule has 0 unspecified atom stereocenters. The van der Waals surface area contributed by atoms with Crippen LogP contribution in [0.25, 0.3) is 0 Å². The third-order valence-electron chi connectivity index (χ3n) is 0.239. The molecule has 0 saturated carbocycles. The van der Waals surface area contributed by atoms with Crippen LogP contribution in [0.3, 0.4) is 0 Å². The summed E-state index contributed by atoms with van der Waals surface area (Å²) in [6, 6.07) is 0. The van der Waals surface area contributed by atoms with Crippen LogP contribution in [0.15, 0.2) is 0 Å².